The highest BCUT2D eigenvalue weighted by Crippen LogP contribution is 2.31. The second-order valence-electron chi connectivity index (χ2n) is 5.07. The number of rotatable bonds is 4. The second-order valence-corrected chi connectivity index (χ2v) is 5.07. The van der Waals surface area contributed by atoms with Gasteiger partial charge in [-0.15, -0.1) is 0 Å². The Morgan fingerprint density at radius 2 is 2.12 bits per heavy atom. The van der Waals surface area contributed by atoms with Crippen molar-refractivity contribution in [3.63, 3.8) is 0 Å². The third-order valence-electron chi connectivity index (χ3n) is 3.44. The van der Waals surface area contributed by atoms with Crippen LogP contribution in [-0.2, 0) is 9.59 Å². The lowest BCUT2D eigenvalue weighted by atomic mass is 9.90. The molecule has 1 heterocycles. The summed E-state index contributed by atoms with van der Waals surface area (Å²) in [4.78, 5) is 24.7. The van der Waals surface area contributed by atoms with Crippen molar-refractivity contribution in [3.8, 4) is 0 Å². The van der Waals surface area contributed by atoms with Crippen LogP contribution in [0.25, 0.3) is 0 Å². The van der Waals surface area contributed by atoms with Crippen LogP contribution in [0.4, 0.5) is 0 Å². The first-order valence-corrected chi connectivity index (χ1v) is 5.93. The zero-order valence-corrected chi connectivity index (χ0v) is 10.3. The minimum Gasteiger partial charge on any atom is -0.481 e. The first-order chi connectivity index (χ1) is 7.40. The second kappa shape index (κ2) is 4.85. The number of likely N-dealkylation sites (tertiary alicyclic amines) is 1. The molecule has 4 heteroatoms. The minimum atomic E-state index is -0.800. The van der Waals surface area contributed by atoms with Gasteiger partial charge in [0.15, 0.2) is 0 Å². The van der Waals surface area contributed by atoms with Gasteiger partial charge < -0.3 is 10.0 Å². The van der Waals surface area contributed by atoms with Crippen LogP contribution in [0.5, 0.6) is 0 Å². The van der Waals surface area contributed by atoms with Crippen molar-refractivity contribution in [1.82, 2.24) is 4.90 Å². The van der Waals surface area contributed by atoms with Crippen molar-refractivity contribution in [2.45, 2.75) is 40.0 Å². The number of aliphatic carboxylic acids is 1. The summed E-state index contributed by atoms with van der Waals surface area (Å²) < 4.78 is 0. The maximum atomic E-state index is 12.0. The molecule has 1 N–H and O–H groups in total. The average Bonchev–Trinajstić information content (AvgIpc) is 2.61. The standard InChI is InChI=1S/C12H21NO3/c1-4-5-9(2)10(14)13-7-6-12(3,8-13)11(15)16/h9H,4-8H2,1-3H3,(H,15,16). The van der Waals surface area contributed by atoms with Crippen molar-refractivity contribution in [1.29, 1.82) is 0 Å². The third-order valence-corrected chi connectivity index (χ3v) is 3.44. The molecule has 0 aromatic heterocycles. The van der Waals surface area contributed by atoms with Crippen LogP contribution >= 0.6 is 0 Å². The van der Waals surface area contributed by atoms with E-state index < -0.39 is 11.4 Å². The molecule has 1 aliphatic rings. The van der Waals surface area contributed by atoms with Gasteiger partial charge in [-0.05, 0) is 19.8 Å². The Labute approximate surface area is 96.6 Å². The Hall–Kier alpha value is -1.06. The van der Waals surface area contributed by atoms with E-state index in [1.165, 1.54) is 0 Å². The molecule has 1 aliphatic heterocycles. The number of nitrogens with zero attached hydrogens (tertiary/aromatic N) is 1. The summed E-state index contributed by atoms with van der Waals surface area (Å²) in [6.07, 6.45) is 2.42. The SMILES string of the molecule is CCCC(C)C(=O)N1CCC(C)(C(=O)O)C1. The molecule has 0 bridgehead atoms. The molecule has 0 saturated carbocycles. The van der Waals surface area contributed by atoms with Crippen LogP contribution in [0.15, 0.2) is 0 Å². The van der Waals surface area contributed by atoms with Gasteiger partial charge in [-0.2, -0.15) is 0 Å². The van der Waals surface area contributed by atoms with E-state index in [0.29, 0.717) is 19.5 Å². The summed E-state index contributed by atoms with van der Waals surface area (Å²) in [5.41, 5.74) is -0.748. The molecule has 0 radical (unpaired) electrons. The Kier molecular flexibility index (Phi) is 3.94. The maximum absolute atomic E-state index is 12.0. The van der Waals surface area contributed by atoms with E-state index in [1.807, 2.05) is 6.92 Å². The summed E-state index contributed by atoms with van der Waals surface area (Å²) in [5, 5.41) is 9.08. The van der Waals surface area contributed by atoms with E-state index in [0.717, 1.165) is 12.8 Å². The molecule has 4 nitrogen and oxygen atoms in total. The van der Waals surface area contributed by atoms with Crippen LogP contribution < -0.4 is 0 Å². The van der Waals surface area contributed by atoms with Gasteiger partial charge >= 0.3 is 5.97 Å². The van der Waals surface area contributed by atoms with Crippen molar-refractivity contribution in [2.75, 3.05) is 13.1 Å². The van der Waals surface area contributed by atoms with Crippen LogP contribution in [-0.4, -0.2) is 35.0 Å². The number of carboxylic acids is 1. The van der Waals surface area contributed by atoms with E-state index >= 15 is 0 Å². The van der Waals surface area contributed by atoms with Gasteiger partial charge in [-0.1, -0.05) is 20.3 Å². The highest BCUT2D eigenvalue weighted by atomic mass is 16.4. The molecule has 1 rings (SSSR count). The van der Waals surface area contributed by atoms with Crippen LogP contribution in [0.3, 0.4) is 0 Å². The molecule has 2 unspecified atom stereocenters. The fraction of sp³-hybridized carbons (Fsp3) is 0.833. The van der Waals surface area contributed by atoms with Crippen molar-refractivity contribution in [3.05, 3.63) is 0 Å². The molecule has 92 valence electrons. The number of carbonyl (C=O) groups is 2. The number of carbonyl (C=O) groups excluding carboxylic acids is 1. The van der Waals surface area contributed by atoms with Crippen LogP contribution in [0.2, 0.25) is 0 Å². The normalized spacial score (nSPS) is 26.8. The molecule has 1 saturated heterocycles. The Morgan fingerprint density at radius 3 is 2.56 bits per heavy atom. The van der Waals surface area contributed by atoms with E-state index in [9.17, 15) is 9.59 Å². The molecule has 0 spiro atoms. The van der Waals surface area contributed by atoms with Gasteiger partial charge in [0.2, 0.25) is 5.91 Å². The maximum Gasteiger partial charge on any atom is 0.311 e. The zero-order valence-electron chi connectivity index (χ0n) is 10.3. The highest BCUT2D eigenvalue weighted by Gasteiger charge is 2.42. The van der Waals surface area contributed by atoms with Gasteiger partial charge in [0.1, 0.15) is 0 Å². The summed E-state index contributed by atoms with van der Waals surface area (Å²) in [5.74, 6) is -0.682. The van der Waals surface area contributed by atoms with Gasteiger partial charge in [0.05, 0.1) is 5.41 Å². The molecule has 0 aromatic carbocycles. The minimum absolute atomic E-state index is 0.0149. The van der Waals surface area contributed by atoms with Crippen LogP contribution in [0.1, 0.15) is 40.0 Å². The Morgan fingerprint density at radius 1 is 1.50 bits per heavy atom. The zero-order chi connectivity index (χ0) is 12.3. The summed E-state index contributed by atoms with van der Waals surface area (Å²) in [7, 11) is 0. The molecule has 1 amide bonds. The summed E-state index contributed by atoms with van der Waals surface area (Å²) in [6.45, 7) is 6.62. The van der Waals surface area contributed by atoms with Crippen molar-refractivity contribution >= 4 is 11.9 Å². The molecule has 0 aromatic rings. The topological polar surface area (TPSA) is 57.6 Å². The van der Waals surface area contributed by atoms with Gasteiger partial charge in [0.25, 0.3) is 0 Å². The van der Waals surface area contributed by atoms with Gasteiger partial charge in [-0.3, -0.25) is 9.59 Å². The van der Waals surface area contributed by atoms with E-state index in [2.05, 4.69) is 6.92 Å². The van der Waals surface area contributed by atoms with Gasteiger partial charge in [-0.25, -0.2) is 0 Å². The van der Waals surface area contributed by atoms with Crippen molar-refractivity contribution < 1.29 is 14.7 Å². The molecule has 1 fully saturated rings. The largest absolute Gasteiger partial charge is 0.481 e. The average molecular weight is 227 g/mol. The Bertz CT molecular complexity index is 290. The molecule has 0 aliphatic carbocycles. The van der Waals surface area contributed by atoms with E-state index in [1.54, 1.807) is 11.8 Å². The first-order valence-electron chi connectivity index (χ1n) is 5.93. The lowest BCUT2D eigenvalue weighted by Crippen LogP contribution is -2.37. The van der Waals surface area contributed by atoms with E-state index in [-0.39, 0.29) is 11.8 Å². The quantitative estimate of drug-likeness (QED) is 0.796. The summed E-state index contributed by atoms with van der Waals surface area (Å²) in [6, 6.07) is 0. The smallest absolute Gasteiger partial charge is 0.311 e. The first kappa shape index (κ1) is 13.0. The highest BCUT2D eigenvalue weighted by molar-refractivity contribution is 5.81. The van der Waals surface area contributed by atoms with Crippen molar-refractivity contribution in [2.24, 2.45) is 11.3 Å². The lowest BCUT2D eigenvalue weighted by molar-refractivity contribution is -0.147. The lowest BCUT2D eigenvalue weighted by Gasteiger charge is -2.22. The fourth-order valence-electron chi connectivity index (χ4n) is 2.19. The van der Waals surface area contributed by atoms with Gasteiger partial charge in [0, 0.05) is 19.0 Å². The monoisotopic (exact) mass is 227 g/mol. The third kappa shape index (κ3) is 2.54. The number of hydrogen-bond donors (Lipinski definition) is 1. The molecular formula is C12H21NO3. The Balaban J connectivity index is 2.59. The molecule has 16 heavy (non-hydrogen) atoms. The number of amides is 1. The van der Waals surface area contributed by atoms with Crippen LogP contribution in [0, 0.1) is 11.3 Å². The summed E-state index contributed by atoms with van der Waals surface area (Å²) >= 11 is 0. The fourth-order valence-corrected chi connectivity index (χ4v) is 2.19. The predicted octanol–water partition coefficient (Wildman–Crippen LogP) is 1.75. The molecule has 2 atom stereocenters. The van der Waals surface area contributed by atoms with E-state index in [4.69, 9.17) is 5.11 Å². The number of carboxylic acid groups (broad SMARTS) is 1. The molecular weight excluding hydrogens is 206 g/mol. The predicted molar refractivity (Wildman–Crippen MR) is 61.0 cm³/mol. The number of hydrogen-bond acceptors (Lipinski definition) is 2.